The zero-order valence-corrected chi connectivity index (χ0v) is 17.4. The first kappa shape index (κ1) is 18.9. The number of rotatable bonds is 2. The van der Waals surface area contributed by atoms with E-state index in [-0.39, 0.29) is 24.2 Å². The van der Waals surface area contributed by atoms with Crippen LogP contribution in [0.1, 0.15) is 65.2 Å². The van der Waals surface area contributed by atoms with Gasteiger partial charge in [0.1, 0.15) is 12.6 Å². The SMILES string of the molecule is CC12CCC(O)CC1=CCC1C2CCC2(C)/C(=C/C3=N[C@H](CO)CO3)CCC12. The average Bonchev–Trinajstić information content (AvgIpc) is 3.27. The lowest BCUT2D eigenvalue weighted by Crippen LogP contribution is -2.49. The molecule has 0 bridgehead atoms. The third-order valence-electron chi connectivity index (χ3n) is 9.17. The van der Waals surface area contributed by atoms with Gasteiger partial charge in [-0.3, -0.25) is 0 Å². The van der Waals surface area contributed by atoms with E-state index < -0.39 is 0 Å². The molecule has 1 aliphatic heterocycles. The second kappa shape index (κ2) is 6.70. The van der Waals surface area contributed by atoms with Crippen molar-refractivity contribution in [3.05, 3.63) is 23.3 Å². The fourth-order valence-electron chi connectivity index (χ4n) is 7.48. The molecule has 3 fully saturated rings. The molecule has 0 aromatic carbocycles. The van der Waals surface area contributed by atoms with Crippen LogP contribution in [0.5, 0.6) is 0 Å². The van der Waals surface area contributed by atoms with E-state index in [1.165, 1.54) is 31.3 Å². The Morgan fingerprint density at radius 3 is 2.75 bits per heavy atom. The Hall–Kier alpha value is -1.13. The molecule has 0 aromatic heterocycles. The lowest BCUT2D eigenvalue weighted by atomic mass is 9.48. The molecule has 2 N–H and O–H groups in total. The van der Waals surface area contributed by atoms with Gasteiger partial charge in [0.15, 0.2) is 0 Å². The number of aliphatic hydroxyl groups excluding tert-OH is 2. The minimum absolute atomic E-state index is 0.0677. The van der Waals surface area contributed by atoms with Gasteiger partial charge in [-0.15, -0.1) is 0 Å². The Morgan fingerprint density at radius 2 is 1.96 bits per heavy atom. The molecule has 3 saturated carbocycles. The van der Waals surface area contributed by atoms with Crippen LogP contribution in [0.4, 0.5) is 0 Å². The van der Waals surface area contributed by atoms with E-state index in [0.717, 1.165) is 49.3 Å². The Kier molecular flexibility index (Phi) is 4.52. The summed E-state index contributed by atoms with van der Waals surface area (Å²) in [6.45, 7) is 5.56. The van der Waals surface area contributed by atoms with Gasteiger partial charge in [-0.2, -0.15) is 0 Å². The van der Waals surface area contributed by atoms with Gasteiger partial charge in [0, 0.05) is 0 Å². The molecule has 4 aliphatic carbocycles. The summed E-state index contributed by atoms with van der Waals surface area (Å²) < 4.78 is 5.73. The van der Waals surface area contributed by atoms with E-state index in [1.54, 1.807) is 5.57 Å². The summed E-state index contributed by atoms with van der Waals surface area (Å²) in [6.07, 6.45) is 13.8. The van der Waals surface area contributed by atoms with Gasteiger partial charge in [0.05, 0.1) is 12.7 Å². The lowest BCUT2D eigenvalue weighted by Gasteiger charge is -2.57. The van der Waals surface area contributed by atoms with Gasteiger partial charge in [-0.05, 0) is 86.0 Å². The standard InChI is InChI=1S/C24H35NO3/c1-23-9-7-18(27)11-15(23)3-5-19-20-6-4-16(24(20,2)10-8-21(19)23)12-22-25-17(13-26)14-28-22/h3,12,17-21,26-27H,4-11,13-14H2,1-2H3/b16-12+/t17-,18?,19?,20?,21?,23?,24?/m1/s1. The number of nitrogens with zero attached hydrogens (tertiary/aromatic N) is 1. The summed E-state index contributed by atoms with van der Waals surface area (Å²) in [4.78, 5) is 4.53. The highest BCUT2D eigenvalue weighted by molar-refractivity contribution is 5.89. The first-order valence-corrected chi connectivity index (χ1v) is 11.3. The summed E-state index contributed by atoms with van der Waals surface area (Å²) >= 11 is 0. The van der Waals surface area contributed by atoms with Crippen LogP contribution in [0.2, 0.25) is 0 Å². The van der Waals surface area contributed by atoms with Gasteiger partial charge >= 0.3 is 0 Å². The fourth-order valence-corrected chi connectivity index (χ4v) is 7.48. The molecular weight excluding hydrogens is 350 g/mol. The number of hydrogen-bond acceptors (Lipinski definition) is 4. The summed E-state index contributed by atoms with van der Waals surface area (Å²) in [6, 6.07) is -0.0869. The first-order chi connectivity index (χ1) is 13.4. The highest BCUT2D eigenvalue weighted by atomic mass is 16.5. The second-order valence-corrected chi connectivity index (χ2v) is 10.4. The quantitative estimate of drug-likeness (QED) is 0.706. The molecule has 4 heteroatoms. The number of hydrogen-bond donors (Lipinski definition) is 2. The highest BCUT2D eigenvalue weighted by Crippen LogP contribution is 2.66. The first-order valence-electron chi connectivity index (χ1n) is 11.3. The van der Waals surface area contributed by atoms with Crippen molar-refractivity contribution < 1.29 is 14.9 Å². The Balaban J connectivity index is 1.41. The lowest BCUT2D eigenvalue weighted by molar-refractivity contribution is -0.0268. The molecular formula is C24H35NO3. The number of fused-ring (bicyclic) bond motifs is 5. The van der Waals surface area contributed by atoms with Crippen molar-refractivity contribution >= 4 is 5.90 Å². The summed E-state index contributed by atoms with van der Waals surface area (Å²) in [5.74, 6) is 3.02. The highest BCUT2D eigenvalue weighted by Gasteiger charge is 2.57. The van der Waals surface area contributed by atoms with E-state index in [2.05, 4.69) is 31.0 Å². The second-order valence-electron chi connectivity index (χ2n) is 10.4. The zero-order valence-electron chi connectivity index (χ0n) is 17.4. The summed E-state index contributed by atoms with van der Waals surface area (Å²) in [5, 5.41) is 19.5. The molecule has 4 nitrogen and oxygen atoms in total. The number of ether oxygens (including phenoxy) is 1. The summed E-state index contributed by atoms with van der Waals surface area (Å²) in [5.41, 5.74) is 3.64. The van der Waals surface area contributed by atoms with Crippen LogP contribution in [-0.2, 0) is 4.74 Å². The minimum atomic E-state index is -0.124. The van der Waals surface area contributed by atoms with Crippen LogP contribution >= 0.6 is 0 Å². The molecule has 5 aliphatic rings. The number of allylic oxidation sites excluding steroid dienone is 2. The number of aliphatic imine (C=N–C) groups is 1. The van der Waals surface area contributed by atoms with E-state index in [1.807, 2.05) is 0 Å². The average molecular weight is 386 g/mol. The van der Waals surface area contributed by atoms with Crippen LogP contribution in [0.15, 0.2) is 28.3 Å². The van der Waals surface area contributed by atoms with Gasteiger partial charge < -0.3 is 14.9 Å². The molecule has 6 unspecified atom stereocenters. The van der Waals surface area contributed by atoms with Gasteiger partial charge in [-0.1, -0.05) is 31.1 Å². The monoisotopic (exact) mass is 385 g/mol. The maximum absolute atomic E-state index is 10.2. The topological polar surface area (TPSA) is 62.1 Å². The smallest absolute Gasteiger partial charge is 0.209 e. The van der Waals surface area contributed by atoms with Crippen molar-refractivity contribution in [3.8, 4) is 0 Å². The van der Waals surface area contributed by atoms with E-state index >= 15 is 0 Å². The van der Waals surface area contributed by atoms with Crippen molar-refractivity contribution in [3.63, 3.8) is 0 Å². The zero-order chi connectivity index (χ0) is 19.5. The van der Waals surface area contributed by atoms with Gasteiger partial charge in [0.25, 0.3) is 0 Å². The van der Waals surface area contributed by atoms with Gasteiger partial charge in [-0.25, -0.2) is 4.99 Å². The van der Waals surface area contributed by atoms with Crippen LogP contribution < -0.4 is 0 Å². The molecule has 1 heterocycles. The predicted molar refractivity (Wildman–Crippen MR) is 110 cm³/mol. The van der Waals surface area contributed by atoms with Crippen LogP contribution in [-0.4, -0.2) is 41.5 Å². The van der Waals surface area contributed by atoms with Crippen molar-refractivity contribution in [1.29, 1.82) is 0 Å². The fraction of sp³-hybridized carbons (Fsp3) is 0.792. The van der Waals surface area contributed by atoms with E-state index in [9.17, 15) is 10.2 Å². The Morgan fingerprint density at radius 1 is 1.18 bits per heavy atom. The van der Waals surface area contributed by atoms with Crippen molar-refractivity contribution in [2.45, 2.75) is 77.4 Å². The molecule has 0 aromatic rings. The van der Waals surface area contributed by atoms with Crippen LogP contribution in [0.3, 0.4) is 0 Å². The normalized spacial score (nSPS) is 49.0. The minimum Gasteiger partial charge on any atom is -0.476 e. The third kappa shape index (κ3) is 2.74. The van der Waals surface area contributed by atoms with Crippen LogP contribution in [0.25, 0.3) is 0 Å². The Labute approximate surface area is 168 Å². The van der Waals surface area contributed by atoms with Crippen molar-refractivity contribution in [2.24, 2.45) is 33.6 Å². The molecule has 154 valence electrons. The molecule has 0 spiro atoms. The van der Waals surface area contributed by atoms with Crippen molar-refractivity contribution in [2.75, 3.05) is 13.2 Å². The number of aliphatic hydroxyl groups is 2. The molecule has 0 radical (unpaired) electrons. The van der Waals surface area contributed by atoms with Crippen molar-refractivity contribution in [1.82, 2.24) is 0 Å². The summed E-state index contributed by atoms with van der Waals surface area (Å²) in [7, 11) is 0. The molecule has 5 rings (SSSR count). The van der Waals surface area contributed by atoms with E-state index in [0.29, 0.717) is 12.0 Å². The van der Waals surface area contributed by atoms with Gasteiger partial charge in [0.2, 0.25) is 5.90 Å². The maximum atomic E-state index is 10.2. The predicted octanol–water partition coefficient (Wildman–Crippen LogP) is 4.03. The third-order valence-corrected chi connectivity index (χ3v) is 9.17. The molecule has 0 saturated heterocycles. The molecule has 7 atom stereocenters. The van der Waals surface area contributed by atoms with Crippen LogP contribution in [0, 0.1) is 28.6 Å². The molecule has 0 amide bonds. The Bertz CT molecular complexity index is 740. The molecule has 28 heavy (non-hydrogen) atoms. The largest absolute Gasteiger partial charge is 0.476 e. The maximum Gasteiger partial charge on any atom is 0.209 e. The van der Waals surface area contributed by atoms with E-state index in [4.69, 9.17) is 4.74 Å².